The van der Waals surface area contributed by atoms with Gasteiger partial charge in [-0.3, -0.25) is 4.79 Å². The van der Waals surface area contributed by atoms with Crippen LogP contribution >= 0.6 is 0 Å². The predicted molar refractivity (Wildman–Crippen MR) is 118 cm³/mol. The third kappa shape index (κ3) is 5.37. The predicted octanol–water partition coefficient (Wildman–Crippen LogP) is 4.72. The zero-order chi connectivity index (χ0) is 19.9. The Bertz CT molecular complexity index is 781. The summed E-state index contributed by atoms with van der Waals surface area (Å²) in [6.45, 7) is 2.16. The highest BCUT2D eigenvalue weighted by molar-refractivity contribution is 5.93. The molecule has 0 bridgehead atoms. The normalized spacial score (nSPS) is 19.4. The highest BCUT2D eigenvalue weighted by atomic mass is 16.1. The molecule has 5 nitrogen and oxygen atoms in total. The van der Waals surface area contributed by atoms with Crippen LogP contribution in [-0.2, 0) is 4.79 Å². The van der Waals surface area contributed by atoms with Gasteiger partial charge in [0, 0.05) is 49.7 Å². The van der Waals surface area contributed by atoms with Crippen LogP contribution in [0.5, 0.6) is 0 Å². The Hall–Kier alpha value is -2.30. The largest absolute Gasteiger partial charge is 0.377 e. The van der Waals surface area contributed by atoms with Crippen LogP contribution in [0.3, 0.4) is 0 Å². The molecule has 2 N–H and O–H groups in total. The van der Waals surface area contributed by atoms with Gasteiger partial charge in [-0.15, -0.1) is 0 Å². The lowest BCUT2D eigenvalue weighted by Gasteiger charge is -2.30. The Kier molecular flexibility index (Phi) is 7.12. The second kappa shape index (κ2) is 9.76. The number of nitrogens with zero attached hydrogens (tertiary/aromatic N) is 2. The molecule has 1 aromatic heterocycles. The number of nitrogens with one attached hydrogen (secondary N) is 2. The summed E-state index contributed by atoms with van der Waals surface area (Å²) in [5, 5.41) is 8.03. The van der Waals surface area contributed by atoms with Crippen molar-refractivity contribution in [2.75, 3.05) is 24.3 Å². The van der Waals surface area contributed by atoms with Crippen molar-refractivity contribution in [3.63, 3.8) is 0 Å². The monoisotopic (exact) mass is 382 g/mol. The Morgan fingerprint density at radius 2 is 1.82 bits per heavy atom. The first-order valence-corrected chi connectivity index (χ1v) is 10.7. The van der Waals surface area contributed by atoms with E-state index in [9.17, 15) is 4.79 Å². The molecule has 0 saturated heterocycles. The SMILES string of the molecule is CCCCCC(=O)NC1CCC(Nc2cc(N(C)C)c3ccccc3n2)CC1. The number of carbonyl (C=O) groups is 1. The number of aromatic nitrogens is 1. The van der Waals surface area contributed by atoms with E-state index >= 15 is 0 Å². The molecule has 0 radical (unpaired) electrons. The van der Waals surface area contributed by atoms with Crippen molar-refractivity contribution in [1.82, 2.24) is 10.3 Å². The molecule has 5 heteroatoms. The van der Waals surface area contributed by atoms with Crippen molar-refractivity contribution >= 4 is 28.3 Å². The molecule has 0 unspecified atom stereocenters. The minimum Gasteiger partial charge on any atom is -0.377 e. The molecule has 1 amide bonds. The summed E-state index contributed by atoms with van der Waals surface area (Å²) in [6, 6.07) is 11.2. The van der Waals surface area contributed by atoms with E-state index in [0.29, 0.717) is 18.5 Å². The van der Waals surface area contributed by atoms with Gasteiger partial charge in [0.05, 0.1) is 5.52 Å². The van der Waals surface area contributed by atoms with Gasteiger partial charge in [-0.05, 0) is 38.2 Å². The van der Waals surface area contributed by atoms with Crippen molar-refractivity contribution in [3.05, 3.63) is 30.3 Å². The molecule has 3 rings (SSSR count). The molecule has 1 heterocycles. The molecule has 1 saturated carbocycles. The van der Waals surface area contributed by atoms with Gasteiger partial charge < -0.3 is 15.5 Å². The number of amides is 1. The second-order valence-corrected chi connectivity index (χ2v) is 8.16. The number of rotatable bonds is 8. The first-order chi connectivity index (χ1) is 13.6. The van der Waals surface area contributed by atoms with Crippen molar-refractivity contribution in [1.29, 1.82) is 0 Å². The summed E-state index contributed by atoms with van der Waals surface area (Å²) in [5.41, 5.74) is 2.20. The van der Waals surface area contributed by atoms with Gasteiger partial charge in [0.15, 0.2) is 0 Å². The van der Waals surface area contributed by atoms with E-state index in [0.717, 1.165) is 56.3 Å². The van der Waals surface area contributed by atoms with Crippen LogP contribution in [-0.4, -0.2) is 37.1 Å². The van der Waals surface area contributed by atoms with Crippen molar-refractivity contribution in [2.45, 2.75) is 70.4 Å². The zero-order valence-electron chi connectivity index (χ0n) is 17.5. The van der Waals surface area contributed by atoms with E-state index in [2.05, 4.69) is 60.8 Å². The Balaban J connectivity index is 1.55. The molecule has 0 atom stereocenters. The molecular formula is C23H34N4O. The fourth-order valence-electron chi connectivity index (χ4n) is 4.03. The average molecular weight is 383 g/mol. The number of anilines is 2. The molecule has 28 heavy (non-hydrogen) atoms. The van der Waals surface area contributed by atoms with Crippen LogP contribution < -0.4 is 15.5 Å². The van der Waals surface area contributed by atoms with Crippen LogP contribution in [0.2, 0.25) is 0 Å². The van der Waals surface area contributed by atoms with Crippen LogP contribution in [0, 0.1) is 0 Å². The summed E-state index contributed by atoms with van der Waals surface area (Å²) < 4.78 is 0. The maximum absolute atomic E-state index is 12.0. The Morgan fingerprint density at radius 3 is 2.54 bits per heavy atom. The van der Waals surface area contributed by atoms with Gasteiger partial charge >= 0.3 is 0 Å². The topological polar surface area (TPSA) is 57.3 Å². The third-order valence-electron chi connectivity index (χ3n) is 5.63. The Labute approximate surface area is 168 Å². The minimum absolute atomic E-state index is 0.219. The zero-order valence-corrected chi connectivity index (χ0v) is 17.5. The number of unbranched alkanes of at least 4 members (excludes halogenated alkanes) is 2. The first kappa shape index (κ1) is 20.4. The molecule has 1 fully saturated rings. The summed E-state index contributed by atoms with van der Waals surface area (Å²) in [4.78, 5) is 19.0. The molecule has 0 aliphatic heterocycles. The lowest BCUT2D eigenvalue weighted by atomic mass is 9.91. The van der Waals surface area contributed by atoms with Gasteiger partial charge in [-0.1, -0.05) is 38.0 Å². The standard InChI is InChI=1S/C23H34N4O/c1-4-5-6-11-23(28)25-18-14-12-17(13-15-18)24-22-16-21(27(2)3)19-9-7-8-10-20(19)26-22/h7-10,16-18H,4-6,11-15H2,1-3H3,(H,24,26)(H,25,28). The molecule has 0 spiro atoms. The second-order valence-electron chi connectivity index (χ2n) is 8.16. The lowest BCUT2D eigenvalue weighted by molar-refractivity contribution is -0.122. The summed E-state index contributed by atoms with van der Waals surface area (Å²) >= 11 is 0. The third-order valence-corrected chi connectivity index (χ3v) is 5.63. The number of benzene rings is 1. The lowest BCUT2D eigenvalue weighted by Crippen LogP contribution is -2.40. The highest BCUT2D eigenvalue weighted by Gasteiger charge is 2.22. The van der Waals surface area contributed by atoms with E-state index < -0.39 is 0 Å². The molecule has 1 aromatic carbocycles. The van der Waals surface area contributed by atoms with E-state index in [1.165, 1.54) is 11.1 Å². The molecule has 152 valence electrons. The smallest absolute Gasteiger partial charge is 0.220 e. The maximum atomic E-state index is 12.0. The van der Waals surface area contributed by atoms with Gasteiger partial charge in [-0.25, -0.2) is 4.98 Å². The number of hydrogen-bond acceptors (Lipinski definition) is 4. The molecule has 1 aliphatic rings. The van der Waals surface area contributed by atoms with Gasteiger partial charge in [0.25, 0.3) is 0 Å². The van der Waals surface area contributed by atoms with E-state index in [1.54, 1.807) is 0 Å². The van der Waals surface area contributed by atoms with Crippen molar-refractivity contribution in [2.24, 2.45) is 0 Å². The van der Waals surface area contributed by atoms with Crippen LogP contribution in [0.15, 0.2) is 30.3 Å². The van der Waals surface area contributed by atoms with E-state index in [1.807, 2.05) is 6.07 Å². The van der Waals surface area contributed by atoms with E-state index in [4.69, 9.17) is 4.98 Å². The van der Waals surface area contributed by atoms with Crippen LogP contribution in [0.1, 0.15) is 58.3 Å². The minimum atomic E-state index is 0.219. The molecule has 1 aliphatic carbocycles. The summed E-state index contributed by atoms with van der Waals surface area (Å²) in [7, 11) is 4.14. The van der Waals surface area contributed by atoms with Crippen molar-refractivity contribution in [3.8, 4) is 0 Å². The maximum Gasteiger partial charge on any atom is 0.220 e. The summed E-state index contributed by atoms with van der Waals surface area (Å²) in [6.07, 6.45) is 8.15. The average Bonchev–Trinajstić information content (AvgIpc) is 2.69. The fraction of sp³-hybridized carbons (Fsp3) is 0.565. The number of pyridine rings is 1. The summed E-state index contributed by atoms with van der Waals surface area (Å²) in [5.74, 6) is 1.16. The number of carbonyl (C=O) groups excluding carboxylic acids is 1. The fourth-order valence-corrected chi connectivity index (χ4v) is 4.03. The number of fused-ring (bicyclic) bond motifs is 1. The molecular weight excluding hydrogens is 348 g/mol. The van der Waals surface area contributed by atoms with Crippen molar-refractivity contribution < 1.29 is 4.79 Å². The van der Waals surface area contributed by atoms with Gasteiger partial charge in [-0.2, -0.15) is 0 Å². The highest BCUT2D eigenvalue weighted by Crippen LogP contribution is 2.29. The number of hydrogen-bond donors (Lipinski definition) is 2. The molecule has 2 aromatic rings. The van der Waals surface area contributed by atoms with Gasteiger partial charge in [0.1, 0.15) is 5.82 Å². The quantitative estimate of drug-likeness (QED) is 0.649. The van der Waals surface area contributed by atoms with Crippen LogP contribution in [0.4, 0.5) is 11.5 Å². The van der Waals surface area contributed by atoms with Gasteiger partial charge in [0.2, 0.25) is 5.91 Å². The van der Waals surface area contributed by atoms with E-state index in [-0.39, 0.29) is 5.91 Å². The first-order valence-electron chi connectivity index (χ1n) is 10.7. The van der Waals surface area contributed by atoms with Crippen LogP contribution in [0.25, 0.3) is 10.9 Å². The Morgan fingerprint density at radius 1 is 1.11 bits per heavy atom. The number of para-hydroxylation sites is 1.